The van der Waals surface area contributed by atoms with Gasteiger partial charge in [0.15, 0.2) is 10.3 Å². The number of nitrogens with zero attached hydrogens (tertiary/aromatic N) is 3. The first-order valence-electron chi connectivity index (χ1n) is 7.33. The number of benzene rings is 1. The molecule has 2 aromatic heterocycles. The maximum Gasteiger partial charge on any atom is 0.443 e. The molecule has 26 heavy (non-hydrogen) atoms. The summed E-state index contributed by atoms with van der Waals surface area (Å²) in [7, 11) is 0. The van der Waals surface area contributed by atoms with E-state index in [1.54, 1.807) is 30.3 Å². The Morgan fingerprint density at radius 3 is 2.54 bits per heavy atom. The first-order valence-corrected chi connectivity index (χ1v) is 8.14. The number of hydrogen-bond donors (Lipinski definition) is 2. The molecular formula is C15H12F3N5O2S. The van der Waals surface area contributed by atoms with Gasteiger partial charge >= 0.3 is 6.18 Å². The van der Waals surface area contributed by atoms with Crippen LogP contribution in [-0.4, -0.2) is 20.6 Å². The molecule has 0 aliphatic rings. The van der Waals surface area contributed by atoms with Gasteiger partial charge in [-0.2, -0.15) is 17.8 Å². The summed E-state index contributed by atoms with van der Waals surface area (Å²) in [4.78, 5) is 31.7. The minimum atomic E-state index is -4.69. The molecule has 3 aromatic rings. The summed E-state index contributed by atoms with van der Waals surface area (Å²) >= 11 is 0.249. The van der Waals surface area contributed by atoms with E-state index in [0.29, 0.717) is 5.56 Å². The second-order valence-electron chi connectivity index (χ2n) is 5.24. The van der Waals surface area contributed by atoms with Gasteiger partial charge in [-0.05, 0) is 5.56 Å². The second-order valence-corrected chi connectivity index (χ2v) is 6.22. The van der Waals surface area contributed by atoms with Crippen LogP contribution in [0, 0.1) is 0 Å². The van der Waals surface area contributed by atoms with Gasteiger partial charge in [0.2, 0.25) is 10.9 Å². The van der Waals surface area contributed by atoms with Crippen molar-refractivity contribution in [2.75, 3.05) is 5.43 Å². The molecule has 0 fully saturated rings. The van der Waals surface area contributed by atoms with E-state index in [1.165, 1.54) is 0 Å². The van der Waals surface area contributed by atoms with Gasteiger partial charge in [0.1, 0.15) is 5.82 Å². The lowest BCUT2D eigenvalue weighted by atomic mass is 10.1. The molecule has 136 valence electrons. The third-order valence-corrected chi connectivity index (χ3v) is 4.37. The van der Waals surface area contributed by atoms with Gasteiger partial charge in [-0.1, -0.05) is 41.7 Å². The van der Waals surface area contributed by atoms with E-state index in [2.05, 4.69) is 15.4 Å². The summed E-state index contributed by atoms with van der Waals surface area (Å²) in [6.45, 7) is -0.254. The largest absolute Gasteiger partial charge is 0.443 e. The number of aromatic nitrogens is 3. The number of fused-ring (bicyclic) bond motifs is 1. The Labute approximate surface area is 148 Å². The van der Waals surface area contributed by atoms with Crippen LogP contribution in [0.1, 0.15) is 16.4 Å². The SMILES string of the molecule is NCc1nc2sc(C(F)(F)F)nc2c(=O)n1NC(=O)Cc1ccccc1. The fraction of sp³-hybridized carbons (Fsp3) is 0.200. The van der Waals surface area contributed by atoms with Crippen molar-refractivity contribution in [3.8, 4) is 0 Å². The number of nitrogens with two attached hydrogens (primary N) is 1. The predicted octanol–water partition coefficient (Wildman–Crippen LogP) is 1.64. The van der Waals surface area contributed by atoms with Crippen molar-refractivity contribution in [3.05, 3.63) is 57.1 Å². The van der Waals surface area contributed by atoms with Crippen LogP contribution in [0.25, 0.3) is 10.3 Å². The van der Waals surface area contributed by atoms with E-state index in [1.807, 2.05) is 0 Å². The molecule has 2 heterocycles. The first-order chi connectivity index (χ1) is 12.3. The fourth-order valence-corrected chi connectivity index (χ4v) is 3.05. The number of rotatable bonds is 4. The molecule has 0 aliphatic carbocycles. The first kappa shape index (κ1) is 18.0. The maximum absolute atomic E-state index is 12.8. The zero-order valence-corrected chi connectivity index (χ0v) is 13.9. The summed E-state index contributed by atoms with van der Waals surface area (Å²) in [6, 6.07) is 8.74. The smallest absolute Gasteiger partial charge is 0.324 e. The third kappa shape index (κ3) is 3.58. The van der Waals surface area contributed by atoms with Crippen LogP contribution >= 0.6 is 11.3 Å². The molecular weight excluding hydrogens is 371 g/mol. The summed E-state index contributed by atoms with van der Waals surface area (Å²) in [5.41, 5.74) is 7.16. The van der Waals surface area contributed by atoms with Crippen LogP contribution < -0.4 is 16.7 Å². The number of halogens is 3. The zero-order valence-electron chi connectivity index (χ0n) is 13.1. The van der Waals surface area contributed by atoms with E-state index in [9.17, 15) is 22.8 Å². The van der Waals surface area contributed by atoms with Gasteiger partial charge < -0.3 is 5.73 Å². The lowest BCUT2D eigenvalue weighted by molar-refractivity contribution is -0.137. The highest BCUT2D eigenvalue weighted by Crippen LogP contribution is 2.33. The zero-order chi connectivity index (χ0) is 18.9. The summed E-state index contributed by atoms with van der Waals surface area (Å²) in [5.74, 6) is -0.610. The quantitative estimate of drug-likeness (QED) is 0.713. The van der Waals surface area contributed by atoms with Gasteiger partial charge in [-0.15, -0.1) is 0 Å². The molecule has 0 bridgehead atoms. The Kier molecular flexibility index (Phi) is 4.74. The van der Waals surface area contributed by atoms with E-state index in [4.69, 9.17) is 5.73 Å². The lowest BCUT2D eigenvalue weighted by Gasteiger charge is -2.11. The molecule has 3 N–H and O–H groups in total. The van der Waals surface area contributed by atoms with Gasteiger partial charge in [-0.3, -0.25) is 15.0 Å². The van der Waals surface area contributed by atoms with E-state index >= 15 is 0 Å². The predicted molar refractivity (Wildman–Crippen MR) is 89.1 cm³/mol. The van der Waals surface area contributed by atoms with Gasteiger partial charge in [0.25, 0.3) is 5.56 Å². The molecule has 7 nitrogen and oxygen atoms in total. The number of carbonyl (C=O) groups is 1. The minimum Gasteiger partial charge on any atom is -0.324 e. The Balaban J connectivity index is 1.98. The number of hydrogen-bond acceptors (Lipinski definition) is 6. The monoisotopic (exact) mass is 383 g/mol. The average molecular weight is 383 g/mol. The molecule has 0 unspecified atom stereocenters. The van der Waals surface area contributed by atoms with Crippen molar-refractivity contribution in [1.29, 1.82) is 0 Å². The molecule has 0 radical (unpaired) electrons. The van der Waals surface area contributed by atoms with Gasteiger partial charge in [-0.25, -0.2) is 9.97 Å². The Hall–Kier alpha value is -2.79. The van der Waals surface area contributed by atoms with Crippen molar-refractivity contribution in [2.45, 2.75) is 19.1 Å². The van der Waals surface area contributed by atoms with Crippen LogP contribution in [0.15, 0.2) is 35.1 Å². The Bertz CT molecular complexity index is 1010. The van der Waals surface area contributed by atoms with Crippen LogP contribution in [0.3, 0.4) is 0 Å². The molecule has 1 aromatic carbocycles. The van der Waals surface area contributed by atoms with E-state index in [-0.39, 0.29) is 35.0 Å². The molecule has 11 heteroatoms. The lowest BCUT2D eigenvalue weighted by Crippen LogP contribution is -2.37. The normalized spacial score (nSPS) is 11.7. The summed E-state index contributed by atoms with van der Waals surface area (Å²) in [5, 5.41) is -1.19. The fourth-order valence-electron chi connectivity index (χ4n) is 2.24. The number of alkyl halides is 3. The van der Waals surface area contributed by atoms with Crippen LogP contribution in [-0.2, 0) is 23.9 Å². The van der Waals surface area contributed by atoms with Crippen molar-refractivity contribution < 1.29 is 18.0 Å². The Morgan fingerprint density at radius 1 is 1.23 bits per heavy atom. The number of carbonyl (C=O) groups excluding carboxylic acids is 1. The number of thiazole rings is 1. The van der Waals surface area contributed by atoms with Crippen LogP contribution in [0.4, 0.5) is 13.2 Å². The van der Waals surface area contributed by atoms with Crippen LogP contribution in [0.5, 0.6) is 0 Å². The maximum atomic E-state index is 12.8. The highest BCUT2D eigenvalue weighted by Gasteiger charge is 2.36. The van der Waals surface area contributed by atoms with Crippen LogP contribution in [0.2, 0.25) is 0 Å². The van der Waals surface area contributed by atoms with E-state index < -0.39 is 28.2 Å². The molecule has 0 saturated carbocycles. The van der Waals surface area contributed by atoms with Gasteiger partial charge in [0, 0.05) is 0 Å². The third-order valence-electron chi connectivity index (χ3n) is 3.37. The average Bonchev–Trinajstić information content (AvgIpc) is 3.03. The minimum absolute atomic E-state index is 0.0276. The van der Waals surface area contributed by atoms with Crippen molar-refractivity contribution in [2.24, 2.45) is 5.73 Å². The summed E-state index contributed by atoms with van der Waals surface area (Å²) < 4.78 is 39.2. The molecule has 0 atom stereocenters. The highest BCUT2D eigenvalue weighted by molar-refractivity contribution is 7.18. The second kappa shape index (κ2) is 6.84. The molecule has 0 saturated heterocycles. The van der Waals surface area contributed by atoms with E-state index in [0.717, 1.165) is 4.68 Å². The Morgan fingerprint density at radius 2 is 1.92 bits per heavy atom. The molecule has 0 spiro atoms. The molecule has 0 aliphatic heterocycles. The summed E-state index contributed by atoms with van der Waals surface area (Å²) in [6.07, 6.45) is -4.72. The van der Waals surface area contributed by atoms with Crippen molar-refractivity contribution in [1.82, 2.24) is 14.6 Å². The molecule has 1 amide bonds. The number of amides is 1. The van der Waals surface area contributed by atoms with Crippen molar-refractivity contribution >= 4 is 27.6 Å². The standard InChI is InChI=1S/C15H12F3N5O2S/c16-15(17,18)14-21-11-12(26-14)20-9(7-19)23(13(11)25)22-10(24)6-8-4-2-1-3-5-8/h1-5H,6-7,19H2,(H,22,24). The molecule has 3 rings (SSSR count). The highest BCUT2D eigenvalue weighted by atomic mass is 32.1. The van der Waals surface area contributed by atoms with Gasteiger partial charge in [0.05, 0.1) is 13.0 Å². The van der Waals surface area contributed by atoms with Crippen molar-refractivity contribution in [3.63, 3.8) is 0 Å². The number of nitrogens with one attached hydrogen (secondary N) is 1. The topological polar surface area (TPSA) is 103 Å².